The van der Waals surface area contributed by atoms with E-state index in [1.54, 1.807) is 0 Å². The molecule has 1 atom stereocenters. The van der Waals surface area contributed by atoms with E-state index in [9.17, 15) is 0 Å². The van der Waals surface area contributed by atoms with Gasteiger partial charge in [0.25, 0.3) is 0 Å². The summed E-state index contributed by atoms with van der Waals surface area (Å²) in [5.41, 5.74) is 4.26. The fourth-order valence-corrected chi connectivity index (χ4v) is 3.19. The van der Waals surface area contributed by atoms with Crippen LogP contribution in [0.25, 0.3) is 0 Å². The molecule has 1 rings (SSSR count). The van der Waals surface area contributed by atoms with Gasteiger partial charge in [0.15, 0.2) is 0 Å². The highest BCUT2D eigenvalue weighted by Crippen LogP contribution is 2.29. The molecule has 0 fully saturated rings. The Hall–Kier alpha value is -0.0500. The summed E-state index contributed by atoms with van der Waals surface area (Å²) < 4.78 is 1.45. The Morgan fingerprint density at radius 1 is 1.43 bits per heavy atom. The van der Waals surface area contributed by atoms with Gasteiger partial charge in [-0.15, -0.1) is 0 Å². The minimum Gasteiger partial charge on any atom is -0.0648 e. The van der Waals surface area contributed by atoms with Crippen LogP contribution in [-0.4, -0.2) is 0 Å². The minimum atomic E-state index is 0.657. The summed E-state index contributed by atoms with van der Waals surface area (Å²) >= 11 is 2.49. The molecule has 0 aromatic heterocycles. The van der Waals surface area contributed by atoms with Crippen LogP contribution in [0.15, 0.2) is 6.07 Å². The van der Waals surface area contributed by atoms with Crippen molar-refractivity contribution in [1.29, 1.82) is 0 Å². The molecule has 77 valence electrons. The van der Waals surface area contributed by atoms with Crippen LogP contribution in [0.5, 0.6) is 0 Å². The van der Waals surface area contributed by atoms with Crippen LogP contribution in [0.2, 0.25) is 0 Å². The Morgan fingerprint density at radius 2 is 2.07 bits per heavy atom. The maximum absolute atomic E-state index is 3.37. The van der Waals surface area contributed by atoms with Crippen molar-refractivity contribution in [3.8, 4) is 0 Å². The number of aryl methyl sites for hydroxylation is 2. The molecular weight excluding hydrogens is 283 g/mol. The highest BCUT2D eigenvalue weighted by Gasteiger charge is 2.12. The topological polar surface area (TPSA) is 0 Å². The zero-order valence-electron chi connectivity index (χ0n) is 9.45. The summed E-state index contributed by atoms with van der Waals surface area (Å²) in [7, 11) is 0. The summed E-state index contributed by atoms with van der Waals surface area (Å²) in [5, 5.41) is 0. The van der Waals surface area contributed by atoms with Crippen LogP contribution >= 0.6 is 22.6 Å². The van der Waals surface area contributed by atoms with Crippen LogP contribution in [0.1, 0.15) is 49.8 Å². The Bertz CT molecular complexity index is 315. The monoisotopic (exact) mass is 301 g/mol. The summed E-state index contributed by atoms with van der Waals surface area (Å²) in [5.74, 6) is 0.657. The van der Waals surface area contributed by atoms with Gasteiger partial charge in [0.1, 0.15) is 0 Å². The minimum absolute atomic E-state index is 0.657. The van der Waals surface area contributed by atoms with Gasteiger partial charge in [0, 0.05) is 3.57 Å². The highest BCUT2D eigenvalue weighted by molar-refractivity contribution is 14.1. The molecule has 0 saturated carbocycles. The van der Waals surface area contributed by atoms with Crippen molar-refractivity contribution in [1.82, 2.24) is 0 Å². The van der Waals surface area contributed by atoms with Gasteiger partial charge < -0.3 is 0 Å². The fourth-order valence-electron chi connectivity index (χ4n) is 1.72. The van der Waals surface area contributed by atoms with Crippen molar-refractivity contribution >= 4 is 22.6 Å². The van der Waals surface area contributed by atoms with Gasteiger partial charge in [-0.1, -0.05) is 20.8 Å². The molecule has 14 heavy (non-hydrogen) atoms. The maximum atomic E-state index is 3.37. The Balaban J connectivity index is 3.25. The van der Waals surface area contributed by atoms with E-state index in [0.29, 0.717) is 5.92 Å². The first-order chi connectivity index (χ1) is 6.61. The van der Waals surface area contributed by atoms with E-state index in [4.69, 9.17) is 0 Å². The van der Waals surface area contributed by atoms with E-state index < -0.39 is 0 Å². The zero-order valence-corrected chi connectivity index (χ0v) is 11.6. The van der Waals surface area contributed by atoms with Crippen LogP contribution in [0, 0.1) is 16.6 Å². The molecule has 0 bridgehead atoms. The van der Waals surface area contributed by atoms with Gasteiger partial charge in [-0.25, -0.2) is 0 Å². The molecule has 0 aliphatic carbocycles. The van der Waals surface area contributed by atoms with Crippen LogP contribution < -0.4 is 0 Å². The van der Waals surface area contributed by atoms with Crippen molar-refractivity contribution in [3.05, 3.63) is 32.4 Å². The van der Waals surface area contributed by atoms with Crippen molar-refractivity contribution in [3.63, 3.8) is 0 Å². The number of rotatable bonds is 3. The number of benzene rings is 1. The first-order valence-corrected chi connectivity index (χ1v) is 6.39. The first-order valence-electron chi connectivity index (χ1n) is 5.31. The van der Waals surface area contributed by atoms with Gasteiger partial charge in [0.2, 0.25) is 0 Å². The van der Waals surface area contributed by atoms with Crippen molar-refractivity contribution in [2.24, 2.45) is 0 Å². The summed E-state index contributed by atoms with van der Waals surface area (Å²) in [6.07, 6.45) is 2.32. The van der Waals surface area contributed by atoms with Crippen LogP contribution in [0.3, 0.4) is 0 Å². The van der Waals surface area contributed by atoms with Gasteiger partial charge in [-0.3, -0.25) is 0 Å². The molecule has 0 N–H and O–H groups in total. The average Bonchev–Trinajstić information content (AvgIpc) is 2.18. The molecule has 1 aromatic carbocycles. The lowest BCUT2D eigenvalue weighted by Gasteiger charge is -2.17. The fraction of sp³-hybridized carbons (Fsp3) is 0.538. The largest absolute Gasteiger partial charge is 0.0648 e. The Labute approximate surface area is 101 Å². The number of hydrogen-bond acceptors (Lipinski definition) is 0. The van der Waals surface area contributed by atoms with E-state index in [1.807, 2.05) is 0 Å². The standard InChI is InChI=1S/C13H18I/c1-5-9(3)12-10(4)7-8-11(6-2)13(12)14/h8-9H,5-6H2,1-4H3. The molecule has 0 amide bonds. The molecule has 0 saturated heterocycles. The Kier molecular flexibility index (Phi) is 4.42. The first kappa shape index (κ1) is 12.0. The van der Waals surface area contributed by atoms with E-state index in [2.05, 4.69) is 62.4 Å². The quantitative estimate of drug-likeness (QED) is 0.722. The van der Waals surface area contributed by atoms with Crippen molar-refractivity contribution < 1.29 is 0 Å². The SMILES string of the molecule is CCc1c[c]c(C)c(C(C)CC)c1I. The molecular formula is C13H18I. The molecule has 1 unspecified atom stereocenters. The maximum Gasteiger partial charge on any atom is 0.0200 e. The smallest absolute Gasteiger partial charge is 0.0200 e. The molecule has 0 heterocycles. The second kappa shape index (κ2) is 5.15. The molecule has 0 nitrogen and oxygen atoms in total. The van der Waals surface area contributed by atoms with Crippen LogP contribution in [-0.2, 0) is 6.42 Å². The van der Waals surface area contributed by atoms with Crippen molar-refractivity contribution in [2.45, 2.75) is 46.5 Å². The third-order valence-electron chi connectivity index (χ3n) is 2.87. The molecule has 0 aliphatic rings. The average molecular weight is 301 g/mol. The van der Waals surface area contributed by atoms with Crippen molar-refractivity contribution in [2.75, 3.05) is 0 Å². The molecule has 0 aliphatic heterocycles. The van der Waals surface area contributed by atoms with Gasteiger partial charge in [0.05, 0.1) is 0 Å². The molecule has 0 spiro atoms. The zero-order chi connectivity index (χ0) is 10.7. The summed E-state index contributed by atoms with van der Waals surface area (Å²) in [6.45, 7) is 8.93. The van der Waals surface area contributed by atoms with E-state index in [1.165, 1.54) is 26.7 Å². The lowest BCUT2D eigenvalue weighted by molar-refractivity contribution is 0.721. The lowest BCUT2D eigenvalue weighted by Crippen LogP contribution is -2.02. The summed E-state index contributed by atoms with van der Waals surface area (Å²) in [6, 6.07) is 5.51. The highest BCUT2D eigenvalue weighted by atomic mass is 127. The predicted molar refractivity (Wildman–Crippen MR) is 70.8 cm³/mol. The third-order valence-corrected chi connectivity index (χ3v) is 4.15. The van der Waals surface area contributed by atoms with Crippen LogP contribution in [0.4, 0.5) is 0 Å². The van der Waals surface area contributed by atoms with E-state index >= 15 is 0 Å². The number of halogens is 1. The second-order valence-corrected chi connectivity index (χ2v) is 4.91. The summed E-state index contributed by atoms with van der Waals surface area (Å²) in [4.78, 5) is 0. The van der Waals surface area contributed by atoms with E-state index in [-0.39, 0.29) is 0 Å². The second-order valence-electron chi connectivity index (χ2n) is 3.83. The molecule has 1 heteroatoms. The van der Waals surface area contributed by atoms with Gasteiger partial charge in [-0.05, 0) is 77.1 Å². The van der Waals surface area contributed by atoms with Gasteiger partial charge in [-0.2, -0.15) is 0 Å². The normalized spacial score (nSPS) is 12.9. The Morgan fingerprint density at radius 3 is 2.57 bits per heavy atom. The van der Waals surface area contributed by atoms with E-state index in [0.717, 1.165) is 6.42 Å². The number of hydrogen-bond donors (Lipinski definition) is 0. The predicted octanol–water partition coefficient (Wildman–Crippen LogP) is 4.48. The molecule has 1 radical (unpaired) electrons. The molecule has 1 aromatic rings. The lowest BCUT2D eigenvalue weighted by atomic mass is 9.92. The van der Waals surface area contributed by atoms with Gasteiger partial charge >= 0.3 is 0 Å². The third kappa shape index (κ3) is 2.30.